The van der Waals surface area contributed by atoms with Gasteiger partial charge >= 0.3 is 0 Å². The van der Waals surface area contributed by atoms with Crippen molar-refractivity contribution in [3.05, 3.63) is 59.8 Å². The Morgan fingerprint density at radius 3 is 3.00 bits per heavy atom. The van der Waals surface area contributed by atoms with Gasteiger partial charge in [0, 0.05) is 0 Å². The number of ether oxygens (including phenoxy) is 2. The minimum Gasteiger partial charge on any atom is -0.454 e. The van der Waals surface area contributed by atoms with Crippen molar-refractivity contribution < 1.29 is 9.47 Å². The molecule has 2 aromatic carbocycles. The molecule has 3 aromatic heterocycles. The van der Waals surface area contributed by atoms with Crippen LogP contribution < -0.4 is 15.0 Å². The summed E-state index contributed by atoms with van der Waals surface area (Å²) in [6, 6.07) is 13.5. The zero-order valence-electron chi connectivity index (χ0n) is 14.4. The van der Waals surface area contributed by atoms with Gasteiger partial charge in [0.25, 0.3) is 0 Å². The third-order valence-electron chi connectivity index (χ3n) is 4.60. The molecule has 1 aliphatic heterocycles. The van der Waals surface area contributed by atoms with Gasteiger partial charge in [-0.2, -0.15) is 5.10 Å². The SMILES string of the molecule is N=c1c2sc3nc4ccccc4n3c2ncn1/N=C\c1ccc2c(c1)OCO2. The molecule has 28 heavy (non-hydrogen) atoms. The van der Waals surface area contributed by atoms with Gasteiger partial charge in [-0.1, -0.05) is 23.5 Å². The van der Waals surface area contributed by atoms with Gasteiger partial charge in [-0.15, -0.1) is 0 Å². The van der Waals surface area contributed by atoms with Gasteiger partial charge < -0.3 is 9.47 Å². The monoisotopic (exact) mass is 388 g/mol. The first kappa shape index (κ1) is 15.3. The fourth-order valence-corrected chi connectivity index (χ4v) is 4.30. The number of hydrogen-bond acceptors (Lipinski definition) is 7. The van der Waals surface area contributed by atoms with Gasteiger partial charge in [0.2, 0.25) is 6.79 Å². The molecule has 1 N–H and O–H groups in total. The summed E-state index contributed by atoms with van der Waals surface area (Å²) in [5, 5.41) is 12.9. The van der Waals surface area contributed by atoms with Crippen LogP contribution in [0.3, 0.4) is 0 Å². The maximum atomic E-state index is 8.54. The molecule has 4 heterocycles. The summed E-state index contributed by atoms with van der Waals surface area (Å²) in [4.78, 5) is 9.99. The number of imidazole rings is 1. The van der Waals surface area contributed by atoms with Crippen LogP contribution in [0.1, 0.15) is 5.56 Å². The van der Waals surface area contributed by atoms with Crippen molar-refractivity contribution in [2.75, 3.05) is 6.79 Å². The van der Waals surface area contributed by atoms with E-state index in [2.05, 4.69) is 15.1 Å². The number of aromatic nitrogens is 4. The highest BCUT2D eigenvalue weighted by Gasteiger charge is 2.15. The van der Waals surface area contributed by atoms with Crippen molar-refractivity contribution in [2.45, 2.75) is 0 Å². The average molecular weight is 388 g/mol. The quantitative estimate of drug-likeness (QED) is 0.471. The van der Waals surface area contributed by atoms with E-state index in [4.69, 9.17) is 14.9 Å². The highest BCUT2D eigenvalue weighted by Crippen LogP contribution is 2.32. The van der Waals surface area contributed by atoms with E-state index in [1.54, 1.807) is 12.5 Å². The first-order chi connectivity index (χ1) is 13.8. The zero-order valence-corrected chi connectivity index (χ0v) is 15.2. The van der Waals surface area contributed by atoms with Crippen molar-refractivity contribution >= 4 is 43.9 Å². The average Bonchev–Trinajstić information content (AvgIpc) is 3.40. The van der Waals surface area contributed by atoms with Crippen LogP contribution >= 0.6 is 11.3 Å². The fraction of sp³-hybridized carbons (Fsp3) is 0.0526. The summed E-state index contributed by atoms with van der Waals surface area (Å²) in [6.07, 6.45) is 3.22. The van der Waals surface area contributed by atoms with Gasteiger partial charge in [0.1, 0.15) is 11.0 Å². The molecular formula is C19H12N6O2S. The van der Waals surface area contributed by atoms with Gasteiger partial charge in [-0.25, -0.2) is 14.6 Å². The van der Waals surface area contributed by atoms with Crippen LogP contribution in [0.2, 0.25) is 0 Å². The molecule has 136 valence electrons. The lowest BCUT2D eigenvalue weighted by Gasteiger charge is -2.01. The Hall–Kier alpha value is -3.72. The van der Waals surface area contributed by atoms with E-state index in [1.165, 1.54) is 16.0 Å². The number of fused-ring (bicyclic) bond motifs is 6. The van der Waals surface area contributed by atoms with Crippen LogP contribution in [0.4, 0.5) is 0 Å². The van der Waals surface area contributed by atoms with Crippen LogP contribution in [-0.4, -0.2) is 32.1 Å². The molecule has 1 aliphatic rings. The molecule has 5 aromatic rings. The van der Waals surface area contributed by atoms with E-state index in [0.717, 1.165) is 32.0 Å². The van der Waals surface area contributed by atoms with E-state index >= 15 is 0 Å². The van der Waals surface area contributed by atoms with Gasteiger partial charge in [0.05, 0.1) is 17.2 Å². The van der Waals surface area contributed by atoms with E-state index in [0.29, 0.717) is 11.4 Å². The lowest BCUT2D eigenvalue weighted by Crippen LogP contribution is -2.16. The van der Waals surface area contributed by atoms with Crippen LogP contribution in [0.25, 0.3) is 26.3 Å². The Bertz CT molecular complexity index is 1480. The number of nitrogens with zero attached hydrogens (tertiary/aromatic N) is 5. The van der Waals surface area contributed by atoms with E-state index in [-0.39, 0.29) is 12.3 Å². The number of thiazole rings is 1. The summed E-state index contributed by atoms with van der Waals surface area (Å²) in [5.41, 5.74) is 3.73. The molecule has 0 bridgehead atoms. The Morgan fingerprint density at radius 2 is 2.04 bits per heavy atom. The highest BCUT2D eigenvalue weighted by atomic mass is 32.1. The number of benzene rings is 2. The third kappa shape index (κ3) is 2.16. The van der Waals surface area contributed by atoms with Crippen LogP contribution in [-0.2, 0) is 0 Å². The lowest BCUT2D eigenvalue weighted by atomic mass is 10.2. The number of rotatable bonds is 2. The molecule has 0 unspecified atom stereocenters. The minimum atomic E-state index is 0.233. The predicted octanol–water partition coefficient (Wildman–Crippen LogP) is 2.99. The first-order valence-electron chi connectivity index (χ1n) is 8.54. The Kier molecular flexibility index (Phi) is 3.09. The molecule has 0 spiro atoms. The van der Waals surface area contributed by atoms with Gasteiger partial charge in [0.15, 0.2) is 27.6 Å². The van der Waals surface area contributed by atoms with E-state index < -0.39 is 0 Å². The standard InChI is InChI=1S/C19H12N6O2S/c20-17-16-18(25-13-4-2-1-3-12(13)23-19(25)28-16)21-9-24(17)22-8-11-5-6-14-15(7-11)27-10-26-14/h1-9,20H,10H2/b20-17?,22-8-. The van der Waals surface area contributed by atoms with Crippen molar-refractivity contribution in [1.29, 1.82) is 5.41 Å². The second-order valence-electron chi connectivity index (χ2n) is 6.27. The molecule has 0 aliphatic carbocycles. The molecule has 6 rings (SSSR count). The lowest BCUT2D eigenvalue weighted by molar-refractivity contribution is 0.174. The zero-order chi connectivity index (χ0) is 18.7. The smallest absolute Gasteiger partial charge is 0.231 e. The second kappa shape index (κ2) is 5.64. The molecular weight excluding hydrogens is 376 g/mol. The number of hydrogen-bond donors (Lipinski definition) is 1. The highest BCUT2D eigenvalue weighted by molar-refractivity contribution is 7.23. The molecule has 0 fully saturated rings. The largest absolute Gasteiger partial charge is 0.454 e. The topological polar surface area (TPSA) is 89.8 Å². The normalized spacial score (nSPS) is 13.4. The molecule has 8 nitrogen and oxygen atoms in total. The van der Waals surface area contributed by atoms with E-state index in [9.17, 15) is 0 Å². The Balaban J connectivity index is 1.46. The van der Waals surface area contributed by atoms with Gasteiger partial charge in [-0.3, -0.25) is 9.81 Å². The minimum absolute atomic E-state index is 0.233. The Morgan fingerprint density at radius 1 is 1.14 bits per heavy atom. The van der Waals surface area contributed by atoms with Crippen molar-refractivity contribution in [3.63, 3.8) is 0 Å². The maximum absolute atomic E-state index is 8.54. The van der Waals surface area contributed by atoms with Gasteiger partial charge in [-0.05, 0) is 35.9 Å². The summed E-state index contributed by atoms with van der Waals surface area (Å²) in [6.45, 7) is 0.233. The Labute approximate surface area is 161 Å². The van der Waals surface area contributed by atoms with Crippen LogP contribution in [0.5, 0.6) is 11.5 Å². The molecule has 0 amide bonds. The third-order valence-corrected chi connectivity index (χ3v) is 5.64. The first-order valence-corrected chi connectivity index (χ1v) is 9.35. The molecule has 0 saturated carbocycles. The van der Waals surface area contributed by atoms with Crippen molar-refractivity contribution in [1.82, 2.24) is 19.0 Å². The summed E-state index contributed by atoms with van der Waals surface area (Å²) in [7, 11) is 0. The second-order valence-corrected chi connectivity index (χ2v) is 7.25. The fourth-order valence-electron chi connectivity index (χ4n) is 3.27. The van der Waals surface area contributed by atoms with E-state index in [1.807, 2.05) is 46.9 Å². The number of nitrogens with one attached hydrogen (secondary N) is 1. The maximum Gasteiger partial charge on any atom is 0.231 e. The molecule has 0 atom stereocenters. The molecule has 0 radical (unpaired) electrons. The number of para-hydroxylation sites is 2. The van der Waals surface area contributed by atoms with Crippen molar-refractivity contribution in [3.8, 4) is 11.5 Å². The molecule has 0 saturated heterocycles. The summed E-state index contributed by atoms with van der Waals surface area (Å²) in [5.74, 6) is 1.42. The predicted molar refractivity (Wildman–Crippen MR) is 105 cm³/mol. The summed E-state index contributed by atoms with van der Waals surface area (Å²) < 4.78 is 14.9. The van der Waals surface area contributed by atoms with Crippen LogP contribution in [0.15, 0.2) is 53.9 Å². The van der Waals surface area contributed by atoms with Crippen molar-refractivity contribution in [2.24, 2.45) is 5.10 Å². The summed E-state index contributed by atoms with van der Waals surface area (Å²) >= 11 is 1.44. The molecule has 9 heteroatoms. The van der Waals surface area contributed by atoms with Crippen LogP contribution in [0, 0.1) is 5.41 Å².